The molecule has 0 saturated heterocycles. The van der Waals surface area contributed by atoms with E-state index in [4.69, 9.17) is 16.6 Å². The first kappa shape index (κ1) is 16.4. The SMILES string of the molecule is Clc1ccccc1-c1ccc2c(c1)n1c3ccccc3nc1n2-c1ccccc1. The number of halogens is 1. The topological polar surface area (TPSA) is 22.2 Å². The molecule has 0 aliphatic rings. The Labute approximate surface area is 172 Å². The lowest BCUT2D eigenvalue weighted by Gasteiger charge is -2.07. The Hall–Kier alpha value is -3.56. The van der Waals surface area contributed by atoms with Crippen molar-refractivity contribution in [2.45, 2.75) is 0 Å². The van der Waals surface area contributed by atoms with Crippen molar-refractivity contribution in [3.63, 3.8) is 0 Å². The van der Waals surface area contributed by atoms with E-state index in [1.54, 1.807) is 0 Å². The van der Waals surface area contributed by atoms with Crippen molar-refractivity contribution >= 4 is 39.4 Å². The minimum Gasteiger partial charge on any atom is -0.278 e. The van der Waals surface area contributed by atoms with Gasteiger partial charge in [0.2, 0.25) is 5.78 Å². The fourth-order valence-electron chi connectivity index (χ4n) is 4.09. The van der Waals surface area contributed by atoms with Gasteiger partial charge in [0.05, 0.1) is 22.1 Å². The molecule has 0 saturated carbocycles. The summed E-state index contributed by atoms with van der Waals surface area (Å²) in [6, 6.07) is 33.1. The van der Waals surface area contributed by atoms with Gasteiger partial charge >= 0.3 is 0 Å². The van der Waals surface area contributed by atoms with Crippen LogP contribution in [0.5, 0.6) is 0 Å². The van der Waals surface area contributed by atoms with Gasteiger partial charge in [-0.05, 0) is 48.0 Å². The van der Waals surface area contributed by atoms with Crippen molar-refractivity contribution in [3.8, 4) is 16.8 Å². The second-order valence-electron chi connectivity index (χ2n) is 7.09. The Morgan fingerprint density at radius 1 is 0.655 bits per heavy atom. The van der Waals surface area contributed by atoms with Crippen LogP contribution in [-0.4, -0.2) is 14.0 Å². The summed E-state index contributed by atoms with van der Waals surface area (Å²) in [4.78, 5) is 4.95. The molecular formula is C25H16ClN3. The zero-order valence-corrected chi connectivity index (χ0v) is 16.2. The predicted octanol–water partition coefficient (Wildman–Crippen LogP) is 6.75. The van der Waals surface area contributed by atoms with E-state index in [0.29, 0.717) is 0 Å². The zero-order chi connectivity index (χ0) is 19.4. The summed E-state index contributed by atoms with van der Waals surface area (Å²) in [6.07, 6.45) is 0. The standard InChI is InChI=1S/C25H16ClN3/c26-20-11-5-4-10-19(20)17-14-15-23-24(16-17)29-22-13-7-6-12-21(22)27-25(29)28(23)18-8-2-1-3-9-18/h1-16H. The smallest absolute Gasteiger partial charge is 0.220 e. The van der Waals surface area contributed by atoms with Gasteiger partial charge in [-0.1, -0.05) is 66.2 Å². The van der Waals surface area contributed by atoms with Gasteiger partial charge in [0.25, 0.3) is 0 Å². The minimum absolute atomic E-state index is 0.751. The monoisotopic (exact) mass is 393 g/mol. The van der Waals surface area contributed by atoms with Gasteiger partial charge in [-0.2, -0.15) is 0 Å². The third-order valence-electron chi connectivity index (χ3n) is 5.40. The molecule has 0 aliphatic carbocycles. The Balaban J connectivity index is 1.77. The normalized spacial score (nSPS) is 11.6. The highest BCUT2D eigenvalue weighted by atomic mass is 35.5. The molecule has 0 radical (unpaired) electrons. The highest BCUT2D eigenvalue weighted by molar-refractivity contribution is 6.33. The molecule has 6 aromatic rings. The molecule has 0 atom stereocenters. The fourth-order valence-corrected chi connectivity index (χ4v) is 4.34. The molecule has 0 aliphatic heterocycles. The Kier molecular flexibility index (Phi) is 3.52. The zero-order valence-electron chi connectivity index (χ0n) is 15.5. The largest absolute Gasteiger partial charge is 0.278 e. The molecule has 6 rings (SSSR count). The molecule has 0 spiro atoms. The second kappa shape index (κ2) is 6.23. The van der Waals surface area contributed by atoms with Crippen molar-refractivity contribution in [1.29, 1.82) is 0 Å². The summed E-state index contributed by atoms with van der Waals surface area (Å²) in [7, 11) is 0. The minimum atomic E-state index is 0.751. The van der Waals surface area contributed by atoms with Gasteiger partial charge < -0.3 is 0 Å². The molecule has 0 N–H and O–H groups in total. The first-order valence-corrected chi connectivity index (χ1v) is 9.91. The van der Waals surface area contributed by atoms with E-state index in [9.17, 15) is 0 Å². The number of imidazole rings is 2. The number of aromatic nitrogens is 3. The lowest BCUT2D eigenvalue weighted by atomic mass is 10.0. The highest BCUT2D eigenvalue weighted by Crippen LogP contribution is 2.34. The van der Waals surface area contributed by atoms with E-state index in [2.05, 4.69) is 75.7 Å². The molecule has 0 bridgehead atoms. The number of rotatable bonds is 2. The summed E-state index contributed by atoms with van der Waals surface area (Å²) in [6.45, 7) is 0. The van der Waals surface area contributed by atoms with Crippen molar-refractivity contribution in [1.82, 2.24) is 14.0 Å². The number of fused-ring (bicyclic) bond motifs is 5. The molecular weight excluding hydrogens is 378 g/mol. The van der Waals surface area contributed by atoms with E-state index in [0.717, 1.165) is 49.7 Å². The highest BCUT2D eigenvalue weighted by Gasteiger charge is 2.17. The van der Waals surface area contributed by atoms with Gasteiger partial charge in [-0.25, -0.2) is 4.98 Å². The van der Waals surface area contributed by atoms with Crippen molar-refractivity contribution in [2.24, 2.45) is 0 Å². The van der Waals surface area contributed by atoms with Crippen molar-refractivity contribution < 1.29 is 0 Å². The summed E-state index contributed by atoms with van der Waals surface area (Å²) in [5, 5.41) is 0.751. The van der Waals surface area contributed by atoms with Gasteiger partial charge in [-0.15, -0.1) is 0 Å². The molecule has 3 nitrogen and oxygen atoms in total. The van der Waals surface area contributed by atoms with Crippen LogP contribution in [0.15, 0.2) is 97.1 Å². The molecule has 2 aromatic heterocycles. The summed E-state index contributed by atoms with van der Waals surface area (Å²) >= 11 is 6.48. The van der Waals surface area contributed by atoms with Crippen LogP contribution < -0.4 is 0 Å². The van der Waals surface area contributed by atoms with Gasteiger partial charge in [0, 0.05) is 16.3 Å². The first-order valence-electron chi connectivity index (χ1n) is 9.53. The molecule has 138 valence electrons. The summed E-state index contributed by atoms with van der Waals surface area (Å²) in [5.41, 5.74) is 7.51. The average molecular weight is 394 g/mol. The molecule has 0 fully saturated rings. The maximum absolute atomic E-state index is 6.48. The average Bonchev–Trinajstić information content (AvgIpc) is 3.28. The Morgan fingerprint density at radius 3 is 2.28 bits per heavy atom. The van der Waals surface area contributed by atoms with E-state index in [-0.39, 0.29) is 0 Å². The quantitative estimate of drug-likeness (QED) is 0.319. The van der Waals surface area contributed by atoms with Crippen molar-refractivity contribution in [3.05, 3.63) is 102 Å². The molecule has 0 unspecified atom stereocenters. The first-order chi connectivity index (χ1) is 14.3. The van der Waals surface area contributed by atoms with Crippen LogP contribution in [0.25, 0.3) is 44.7 Å². The van der Waals surface area contributed by atoms with Crippen LogP contribution in [0, 0.1) is 0 Å². The van der Waals surface area contributed by atoms with E-state index in [1.807, 2.05) is 30.3 Å². The lowest BCUT2D eigenvalue weighted by Crippen LogP contribution is -1.94. The van der Waals surface area contributed by atoms with Gasteiger partial charge in [-0.3, -0.25) is 8.97 Å². The molecule has 2 heterocycles. The van der Waals surface area contributed by atoms with E-state index < -0.39 is 0 Å². The van der Waals surface area contributed by atoms with Crippen LogP contribution in [0.1, 0.15) is 0 Å². The van der Waals surface area contributed by atoms with Crippen LogP contribution in [0.4, 0.5) is 0 Å². The third kappa shape index (κ3) is 2.41. The number of benzene rings is 4. The van der Waals surface area contributed by atoms with E-state index in [1.165, 1.54) is 0 Å². The van der Waals surface area contributed by atoms with Crippen LogP contribution in [0.3, 0.4) is 0 Å². The lowest BCUT2D eigenvalue weighted by molar-refractivity contribution is 1.11. The molecule has 0 amide bonds. The van der Waals surface area contributed by atoms with Gasteiger partial charge in [0.1, 0.15) is 0 Å². The second-order valence-corrected chi connectivity index (χ2v) is 7.50. The number of nitrogens with zero attached hydrogens (tertiary/aromatic N) is 3. The third-order valence-corrected chi connectivity index (χ3v) is 5.73. The van der Waals surface area contributed by atoms with Crippen LogP contribution in [0.2, 0.25) is 5.02 Å². The predicted molar refractivity (Wildman–Crippen MR) is 120 cm³/mol. The summed E-state index contributed by atoms with van der Waals surface area (Å²) < 4.78 is 4.45. The van der Waals surface area contributed by atoms with Crippen LogP contribution >= 0.6 is 11.6 Å². The molecule has 4 aromatic carbocycles. The number of hydrogen-bond acceptors (Lipinski definition) is 1. The van der Waals surface area contributed by atoms with Crippen LogP contribution in [-0.2, 0) is 0 Å². The van der Waals surface area contributed by atoms with Gasteiger partial charge in [0.15, 0.2) is 0 Å². The maximum atomic E-state index is 6.48. The number of hydrogen-bond donors (Lipinski definition) is 0. The number of para-hydroxylation sites is 3. The molecule has 29 heavy (non-hydrogen) atoms. The molecule has 4 heteroatoms. The maximum Gasteiger partial charge on any atom is 0.220 e. The Morgan fingerprint density at radius 2 is 1.41 bits per heavy atom. The Bertz CT molecular complexity index is 1510. The van der Waals surface area contributed by atoms with Crippen molar-refractivity contribution in [2.75, 3.05) is 0 Å². The van der Waals surface area contributed by atoms with E-state index >= 15 is 0 Å². The fraction of sp³-hybridized carbons (Fsp3) is 0. The summed E-state index contributed by atoms with van der Waals surface area (Å²) in [5.74, 6) is 0.906.